The Labute approximate surface area is 134 Å². The van der Waals surface area contributed by atoms with E-state index in [1.165, 1.54) is 0 Å². The number of sulfone groups is 1. The first kappa shape index (κ1) is 17.6. The van der Waals surface area contributed by atoms with Crippen LogP contribution < -0.4 is 5.73 Å². The van der Waals surface area contributed by atoms with Crippen molar-refractivity contribution >= 4 is 21.6 Å². The van der Waals surface area contributed by atoms with Gasteiger partial charge in [0.05, 0.1) is 0 Å². The molecule has 0 radical (unpaired) electrons. The van der Waals surface area contributed by atoms with E-state index < -0.39 is 9.84 Å². The zero-order chi connectivity index (χ0) is 15.7. The summed E-state index contributed by atoms with van der Waals surface area (Å²) in [5.41, 5.74) is 6.42. The average Bonchev–Trinajstić information content (AvgIpc) is 2.48. The minimum absolute atomic E-state index is 0.108. The number of nitrogens with two attached hydrogens (primary N) is 1. The molecular weight excluding hydrogens is 304 g/mol. The van der Waals surface area contributed by atoms with Crippen molar-refractivity contribution in [3.8, 4) is 0 Å². The van der Waals surface area contributed by atoms with Crippen molar-refractivity contribution in [1.29, 1.82) is 0 Å². The van der Waals surface area contributed by atoms with Crippen LogP contribution in [0.2, 0.25) is 0 Å². The molecule has 1 saturated carbocycles. The molecule has 6 heteroatoms. The van der Waals surface area contributed by atoms with Gasteiger partial charge in [-0.25, -0.2) is 8.42 Å². The summed E-state index contributed by atoms with van der Waals surface area (Å²) in [6.07, 6.45) is 4.31. The Morgan fingerprint density at radius 2 is 1.86 bits per heavy atom. The van der Waals surface area contributed by atoms with Crippen LogP contribution in [0.3, 0.4) is 0 Å². The molecule has 2 fully saturated rings. The number of thioether (sulfide) groups is 1. The van der Waals surface area contributed by atoms with Gasteiger partial charge in [-0.3, -0.25) is 4.90 Å². The molecule has 0 aromatic heterocycles. The van der Waals surface area contributed by atoms with E-state index in [1.54, 1.807) is 18.7 Å². The van der Waals surface area contributed by atoms with E-state index in [1.807, 2.05) is 0 Å². The van der Waals surface area contributed by atoms with E-state index in [0.29, 0.717) is 17.7 Å². The molecule has 0 spiro atoms. The molecule has 0 aromatic rings. The van der Waals surface area contributed by atoms with Crippen LogP contribution in [0.1, 0.15) is 46.5 Å². The van der Waals surface area contributed by atoms with Crippen LogP contribution in [0.15, 0.2) is 0 Å². The molecule has 2 N–H and O–H groups in total. The topological polar surface area (TPSA) is 63.4 Å². The highest BCUT2D eigenvalue weighted by Crippen LogP contribution is 2.44. The molecule has 124 valence electrons. The van der Waals surface area contributed by atoms with Crippen molar-refractivity contribution in [2.45, 2.75) is 57.4 Å². The first-order valence-electron chi connectivity index (χ1n) is 8.02. The van der Waals surface area contributed by atoms with E-state index in [2.05, 4.69) is 18.7 Å². The third-order valence-electron chi connectivity index (χ3n) is 5.42. The van der Waals surface area contributed by atoms with Gasteiger partial charge in [0.1, 0.15) is 5.37 Å². The lowest BCUT2D eigenvalue weighted by atomic mass is 9.68. The average molecular weight is 335 g/mol. The summed E-state index contributed by atoms with van der Waals surface area (Å²) < 4.78 is 25.0. The van der Waals surface area contributed by atoms with Gasteiger partial charge in [-0.1, -0.05) is 20.8 Å². The summed E-state index contributed by atoms with van der Waals surface area (Å²) in [7, 11) is -3.05. The van der Waals surface area contributed by atoms with Gasteiger partial charge < -0.3 is 5.73 Å². The third kappa shape index (κ3) is 3.59. The van der Waals surface area contributed by atoms with Gasteiger partial charge in [-0.2, -0.15) is 11.8 Å². The zero-order valence-corrected chi connectivity index (χ0v) is 15.2. The zero-order valence-electron chi connectivity index (χ0n) is 13.6. The van der Waals surface area contributed by atoms with Crippen LogP contribution >= 0.6 is 11.8 Å². The summed E-state index contributed by atoms with van der Waals surface area (Å²) >= 11 is 1.76. The molecule has 2 rings (SSSR count). The highest BCUT2D eigenvalue weighted by molar-refractivity contribution is 8.01. The minimum atomic E-state index is -3.05. The molecule has 4 nitrogen and oxygen atoms in total. The highest BCUT2D eigenvalue weighted by Gasteiger charge is 2.47. The Morgan fingerprint density at radius 3 is 2.38 bits per heavy atom. The third-order valence-corrected chi connectivity index (χ3v) is 8.71. The van der Waals surface area contributed by atoms with E-state index >= 15 is 0 Å². The SMILES string of the molecule is CCS(=O)(=O)C1CSCCN1C1(CN)CCC(C)(C)CC1. The Balaban J connectivity index is 2.27. The first-order chi connectivity index (χ1) is 9.76. The molecule has 1 aliphatic carbocycles. The predicted molar refractivity (Wildman–Crippen MR) is 91.3 cm³/mol. The fraction of sp³-hybridized carbons (Fsp3) is 1.00. The monoisotopic (exact) mass is 334 g/mol. The number of hydrogen-bond acceptors (Lipinski definition) is 5. The standard InChI is InChI=1S/C15H30N2O2S2/c1-4-21(18,19)13-11-20-10-9-17(13)15(12-16)7-5-14(2,3)6-8-15/h13H,4-12,16H2,1-3H3. The van der Waals surface area contributed by atoms with Gasteiger partial charge in [0.2, 0.25) is 0 Å². The maximum absolute atomic E-state index is 12.5. The lowest BCUT2D eigenvalue weighted by Crippen LogP contribution is -2.64. The Morgan fingerprint density at radius 1 is 1.24 bits per heavy atom. The molecular formula is C15H30N2O2S2. The van der Waals surface area contributed by atoms with Crippen molar-refractivity contribution in [2.24, 2.45) is 11.1 Å². The molecule has 1 unspecified atom stereocenters. The molecule has 0 amide bonds. The molecule has 21 heavy (non-hydrogen) atoms. The van der Waals surface area contributed by atoms with E-state index in [0.717, 1.165) is 38.0 Å². The van der Waals surface area contributed by atoms with Gasteiger partial charge >= 0.3 is 0 Å². The Hall–Kier alpha value is 0.220. The smallest absolute Gasteiger partial charge is 0.166 e. The summed E-state index contributed by atoms with van der Waals surface area (Å²) in [5.74, 6) is 1.93. The van der Waals surface area contributed by atoms with E-state index in [4.69, 9.17) is 5.73 Å². The second kappa shape index (κ2) is 6.38. The first-order valence-corrected chi connectivity index (χ1v) is 10.9. The van der Waals surface area contributed by atoms with Crippen LogP contribution in [-0.4, -0.2) is 54.6 Å². The maximum atomic E-state index is 12.5. The van der Waals surface area contributed by atoms with Gasteiger partial charge in [0.25, 0.3) is 0 Å². The Bertz CT molecular complexity index is 452. The van der Waals surface area contributed by atoms with Crippen LogP contribution in [0.25, 0.3) is 0 Å². The normalized spacial score (nSPS) is 30.2. The fourth-order valence-electron chi connectivity index (χ4n) is 3.61. The minimum Gasteiger partial charge on any atom is -0.329 e. The van der Waals surface area contributed by atoms with Crippen LogP contribution in [0.5, 0.6) is 0 Å². The van der Waals surface area contributed by atoms with Crippen molar-refractivity contribution < 1.29 is 8.42 Å². The van der Waals surface area contributed by atoms with Crippen LogP contribution in [0, 0.1) is 5.41 Å². The van der Waals surface area contributed by atoms with Crippen molar-refractivity contribution in [1.82, 2.24) is 4.90 Å². The summed E-state index contributed by atoms with van der Waals surface area (Å²) in [5, 5.41) is -0.342. The molecule has 0 aromatic carbocycles. The van der Waals surface area contributed by atoms with Gasteiger partial charge in [0, 0.05) is 35.9 Å². The molecule has 1 aliphatic heterocycles. The number of rotatable bonds is 4. The summed E-state index contributed by atoms with van der Waals surface area (Å²) in [6, 6.07) is 0. The second-order valence-electron chi connectivity index (χ2n) is 7.27. The second-order valence-corrected chi connectivity index (χ2v) is 10.9. The number of nitrogens with zero attached hydrogens (tertiary/aromatic N) is 1. The van der Waals surface area contributed by atoms with Crippen molar-refractivity contribution in [3.05, 3.63) is 0 Å². The highest BCUT2D eigenvalue weighted by atomic mass is 32.2. The molecule has 1 heterocycles. The fourth-order valence-corrected chi connectivity index (χ4v) is 6.71. The molecule has 0 bridgehead atoms. The quantitative estimate of drug-likeness (QED) is 0.853. The maximum Gasteiger partial charge on any atom is 0.166 e. The summed E-state index contributed by atoms with van der Waals surface area (Å²) in [6.45, 7) is 7.79. The lowest BCUT2D eigenvalue weighted by Gasteiger charge is -2.53. The lowest BCUT2D eigenvalue weighted by molar-refractivity contribution is 0.0198. The van der Waals surface area contributed by atoms with Gasteiger partial charge in [-0.15, -0.1) is 0 Å². The van der Waals surface area contributed by atoms with Gasteiger partial charge in [-0.05, 0) is 31.1 Å². The molecule has 1 atom stereocenters. The molecule has 2 aliphatic rings. The van der Waals surface area contributed by atoms with Crippen molar-refractivity contribution in [3.63, 3.8) is 0 Å². The predicted octanol–water partition coefficient (Wildman–Crippen LogP) is 2.09. The van der Waals surface area contributed by atoms with E-state index in [-0.39, 0.29) is 16.7 Å². The van der Waals surface area contributed by atoms with Crippen LogP contribution in [-0.2, 0) is 9.84 Å². The molecule has 1 saturated heterocycles. The van der Waals surface area contributed by atoms with E-state index in [9.17, 15) is 8.42 Å². The summed E-state index contributed by atoms with van der Waals surface area (Å²) in [4.78, 5) is 2.26. The largest absolute Gasteiger partial charge is 0.329 e. The van der Waals surface area contributed by atoms with Crippen molar-refractivity contribution in [2.75, 3.05) is 30.3 Å². The van der Waals surface area contributed by atoms with Gasteiger partial charge in [0.15, 0.2) is 9.84 Å². The van der Waals surface area contributed by atoms with Crippen LogP contribution in [0.4, 0.5) is 0 Å². The number of hydrogen-bond donors (Lipinski definition) is 1. The Kier molecular flexibility index (Phi) is 5.34.